The second-order valence-electron chi connectivity index (χ2n) is 7.87. The summed E-state index contributed by atoms with van der Waals surface area (Å²) in [6, 6.07) is 9.51. The molecule has 3 rings (SSSR count). The van der Waals surface area contributed by atoms with Gasteiger partial charge in [-0.2, -0.15) is 0 Å². The molecule has 32 heavy (non-hydrogen) atoms. The number of hydrogen-bond acceptors (Lipinski definition) is 4. The second kappa shape index (κ2) is 9.82. The van der Waals surface area contributed by atoms with Crippen LogP contribution in [0.2, 0.25) is 0 Å². The zero-order chi connectivity index (χ0) is 23.4. The van der Waals surface area contributed by atoms with Crippen molar-refractivity contribution < 1.29 is 23.2 Å². The lowest BCUT2D eigenvalue weighted by molar-refractivity contribution is -0.155. The van der Waals surface area contributed by atoms with Gasteiger partial charge in [0.1, 0.15) is 17.7 Å². The van der Waals surface area contributed by atoms with E-state index >= 15 is 0 Å². The van der Waals surface area contributed by atoms with E-state index in [-0.39, 0.29) is 5.56 Å². The summed E-state index contributed by atoms with van der Waals surface area (Å²) in [7, 11) is 1.58. The Morgan fingerprint density at radius 3 is 2.38 bits per heavy atom. The molecule has 1 heterocycles. The largest absolute Gasteiger partial charge is 0.340 e. The quantitative estimate of drug-likeness (QED) is 0.723. The van der Waals surface area contributed by atoms with Crippen molar-refractivity contribution in [3.05, 3.63) is 83.4 Å². The first kappa shape index (κ1) is 23.3. The highest BCUT2D eigenvalue weighted by atomic mass is 19.1. The van der Waals surface area contributed by atoms with E-state index in [4.69, 9.17) is 5.73 Å². The Morgan fingerprint density at radius 1 is 1.16 bits per heavy atom. The van der Waals surface area contributed by atoms with E-state index < -0.39 is 53.8 Å². The molecule has 0 aliphatic carbocycles. The van der Waals surface area contributed by atoms with Crippen molar-refractivity contribution in [1.29, 1.82) is 0 Å². The summed E-state index contributed by atoms with van der Waals surface area (Å²) in [4.78, 5) is 42.0. The molecule has 6 nitrogen and oxygen atoms in total. The highest BCUT2D eigenvalue weighted by molar-refractivity contribution is 6.03. The van der Waals surface area contributed by atoms with Gasteiger partial charge >= 0.3 is 0 Å². The summed E-state index contributed by atoms with van der Waals surface area (Å²) in [5.41, 5.74) is 6.61. The molecule has 3 amide bonds. The fraction of sp³-hybridized carbons (Fsp3) is 0.292. The van der Waals surface area contributed by atoms with Gasteiger partial charge in [0.15, 0.2) is 0 Å². The minimum absolute atomic E-state index is 0.0520. The molecule has 0 saturated heterocycles. The average molecular weight is 441 g/mol. The first-order chi connectivity index (χ1) is 15.2. The first-order valence-electron chi connectivity index (χ1n) is 10.2. The van der Waals surface area contributed by atoms with E-state index in [0.29, 0.717) is 12.6 Å². The third-order valence-corrected chi connectivity index (χ3v) is 5.33. The first-order valence-corrected chi connectivity index (χ1v) is 10.2. The smallest absolute Gasteiger partial charge is 0.246 e. The van der Waals surface area contributed by atoms with Crippen LogP contribution in [0.25, 0.3) is 0 Å². The highest BCUT2D eigenvalue weighted by Gasteiger charge is 2.42. The molecule has 2 N–H and O–H groups in total. The Labute approximate surface area is 185 Å². The van der Waals surface area contributed by atoms with Crippen molar-refractivity contribution >= 4 is 17.7 Å². The lowest BCUT2D eigenvalue weighted by Gasteiger charge is -2.35. The molecule has 3 atom stereocenters. The van der Waals surface area contributed by atoms with Crippen molar-refractivity contribution in [2.45, 2.75) is 31.3 Å². The number of rotatable bonds is 5. The van der Waals surface area contributed by atoms with E-state index in [1.54, 1.807) is 31.3 Å². The maximum atomic E-state index is 13.6. The van der Waals surface area contributed by atoms with Gasteiger partial charge in [0.05, 0.1) is 12.5 Å². The summed E-state index contributed by atoms with van der Waals surface area (Å²) in [6.07, 6.45) is 3.13. The molecule has 0 fully saturated rings. The number of amides is 3. The minimum Gasteiger partial charge on any atom is -0.340 e. The van der Waals surface area contributed by atoms with Gasteiger partial charge in [-0.1, -0.05) is 42.5 Å². The summed E-state index contributed by atoms with van der Waals surface area (Å²) in [5.74, 6) is -4.22. The van der Waals surface area contributed by atoms with Crippen LogP contribution in [0.1, 0.15) is 24.0 Å². The lowest BCUT2D eigenvalue weighted by Crippen LogP contribution is -2.58. The molecular weight excluding hydrogens is 416 g/mol. The molecule has 0 radical (unpaired) electrons. The maximum absolute atomic E-state index is 13.6. The summed E-state index contributed by atoms with van der Waals surface area (Å²) in [5, 5.41) is 0. The van der Waals surface area contributed by atoms with E-state index in [9.17, 15) is 23.2 Å². The van der Waals surface area contributed by atoms with Gasteiger partial charge in [0.25, 0.3) is 0 Å². The normalized spacial score (nSPS) is 19.4. The molecule has 0 saturated carbocycles. The number of halogens is 2. The highest BCUT2D eigenvalue weighted by Crippen LogP contribution is 2.30. The van der Waals surface area contributed by atoms with Gasteiger partial charge in [0, 0.05) is 25.6 Å². The topological polar surface area (TPSA) is 83.7 Å². The Morgan fingerprint density at radius 2 is 1.78 bits per heavy atom. The van der Waals surface area contributed by atoms with Crippen molar-refractivity contribution in [3.8, 4) is 0 Å². The Bertz CT molecular complexity index is 1020. The number of hydrogen-bond donors (Lipinski definition) is 1. The molecule has 2 aromatic carbocycles. The van der Waals surface area contributed by atoms with Gasteiger partial charge in [-0.3, -0.25) is 19.3 Å². The van der Waals surface area contributed by atoms with Gasteiger partial charge in [0.2, 0.25) is 17.7 Å². The van der Waals surface area contributed by atoms with Crippen LogP contribution in [0.4, 0.5) is 8.78 Å². The van der Waals surface area contributed by atoms with Crippen LogP contribution in [0, 0.1) is 11.6 Å². The number of imide groups is 1. The van der Waals surface area contributed by atoms with Crippen LogP contribution in [-0.4, -0.2) is 53.2 Å². The minimum atomic E-state index is -1.19. The molecule has 0 unspecified atom stereocenters. The van der Waals surface area contributed by atoms with E-state index in [1.165, 1.54) is 11.8 Å². The zero-order valence-corrected chi connectivity index (χ0v) is 17.9. The predicted octanol–water partition coefficient (Wildman–Crippen LogP) is 2.39. The third kappa shape index (κ3) is 5.08. The molecule has 1 aliphatic heterocycles. The van der Waals surface area contributed by atoms with Crippen molar-refractivity contribution in [3.63, 3.8) is 0 Å². The standard InChI is InChI=1S/C24H25F2N3O3/c1-15(27)23(31)29(21(30)13-16-11-18(25)14-19(26)12-16)22-20(17-7-4-3-5-8-17)9-6-10-28(2)24(22)32/h3-9,11-12,14-15,20,22H,10,13,27H2,1-2H3/t15-,20+,22-/m0/s1. The van der Waals surface area contributed by atoms with Gasteiger partial charge < -0.3 is 10.6 Å². The maximum Gasteiger partial charge on any atom is 0.246 e. The molecule has 0 aromatic heterocycles. The molecular formula is C24H25F2N3O3. The van der Waals surface area contributed by atoms with Gasteiger partial charge in [-0.15, -0.1) is 0 Å². The van der Waals surface area contributed by atoms with Crippen molar-refractivity contribution in [1.82, 2.24) is 9.80 Å². The van der Waals surface area contributed by atoms with Crippen molar-refractivity contribution in [2.75, 3.05) is 13.6 Å². The Balaban J connectivity index is 2.07. The molecule has 8 heteroatoms. The van der Waals surface area contributed by atoms with E-state index in [0.717, 1.165) is 22.6 Å². The lowest BCUT2D eigenvalue weighted by atomic mass is 9.89. The van der Waals surface area contributed by atoms with Crippen molar-refractivity contribution in [2.24, 2.45) is 5.73 Å². The van der Waals surface area contributed by atoms with E-state index in [1.807, 2.05) is 18.2 Å². The van der Waals surface area contributed by atoms with Crippen LogP contribution in [0.3, 0.4) is 0 Å². The van der Waals surface area contributed by atoms with Gasteiger partial charge in [-0.25, -0.2) is 8.78 Å². The average Bonchev–Trinajstić information content (AvgIpc) is 2.87. The third-order valence-electron chi connectivity index (χ3n) is 5.33. The molecule has 0 spiro atoms. The number of benzene rings is 2. The second-order valence-corrected chi connectivity index (χ2v) is 7.87. The summed E-state index contributed by atoms with van der Waals surface area (Å²) < 4.78 is 27.3. The number of carbonyl (C=O) groups is 3. The summed E-state index contributed by atoms with van der Waals surface area (Å²) in [6.45, 7) is 1.73. The van der Waals surface area contributed by atoms with Crippen LogP contribution in [0.5, 0.6) is 0 Å². The van der Waals surface area contributed by atoms with Crippen LogP contribution >= 0.6 is 0 Å². The number of carbonyl (C=O) groups excluding carboxylic acids is 3. The Kier molecular flexibility index (Phi) is 7.15. The monoisotopic (exact) mass is 441 g/mol. The SMILES string of the molecule is C[C@H](N)C(=O)N(C(=O)Cc1cc(F)cc(F)c1)[C@@H]1C(=O)N(C)CC=C[C@@H]1c1ccccc1. The number of nitrogens with zero attached hydrogens (tertiary/aromatic N) is 2. The predicted molar refractivity (Wildman–Crippen MR) is 115 cm³/mol. The molecule has 0 bridgehead atoms. The van der Waals surface area contributed by atoms with Gasteiger partial charge in [-0.05, 0) is 30.2 Å². The number of nitrogens with two attached hydrogens (primary N) is 1. The zero-order valence-electron chi connectivity index (χ0n) is 17.9. The van der Waals surface area contributed by atoms with E-state index in [2.05, 4.69) is 0 Å². The van der Waals surface area contributed by atoms with Crippen LogP contribution in [0.15, 0.2) is 60.7 Å². The van der Waals surface area contributed by atoms with Crippen LogP contribution in [-0.2, 0) is 20.8 Å². The molecule has 168 valence electrons. The summed E-state index contributed by atoms with van der Waals surface area (Å²) >= 11 is 0. The molecule has 1 aliphatic rings. The fourth-order valence-electron chi connectivity index (χ4n) is 3.79. The Hall–Kier alpha value is -3.39. The van der Waals surface area contributed by atoms with Crippen LogP contribution < -0.4 is 5.73 Å². The molecule has 2 aromatic rings. The fourth-order valence-corrected chi connectivity index (χ4v) is 3.79. The number of likely N-dealkylation sites (N-methyl/N-ethyl adjacent to an activating group) is 1.